The molecule has 0 spiro atoms. The second-order valence-electron chi connectivity index (χ2n) is 12.6. The van der Waals surface area contributed by atoms with Crippen molar-refractivity contribution in [2.24, 2.45) is 0 Å². The van der Waals surface area contributed by atoms with Crippen LogP contribution in [-0.4, -0.2) is 9.97 Å². The Balaban J connectivity index is 1.29. The van der Waals surface area contributed by atoms with E-state index in [4.69, 9.17) is 9.97 Å². The van der Waals surface area contributed by atoms with Gasteiger partial charge in [0.2, 0.25) is 0 Å². The van der Waals surface area contributed by atoms with Crippen molar-refractivity contribution >= 4 is 31.5 Å². The first-order valence-electron chi connectivity index (χ1n) is 15.8. The van der Waals surface area contributed by atoms with E-state index in [2.05, 4.69) is 159 Å². The molecular weight excluding hydrogens is 577 g/mol. The summed E-state index contributed by atoms with van der Waals surface area (Å²) in [5.74, 6) is 0.739. The smallest absolute Gasteiger partial charge is 0.160 e. The summed E-state index contributed by atoms with van der Waals surface area (Å²) in [4.78, 5) is 10.7. The van der Waals surface area contributed by atoms with E-state index in [1.807, 2.05) is 11.3 Å². The van der Waals surface area contributed by atoms with Crippen molar-refractivity contribution < 1.29 is 0 Å². The molecule has 0 atom stereocenters. The van der Waals surface area contributed by atoms with Crippen LogP contribution in [0.15, 0.2) is 146 Å². The molecule has 1 aliphatic carbocycles. The number of hydrogen-bond donors (Lipinski definition) is 0. The summed E-state index contributed by atoms with van der Waals surface area (Å²) in [6.45, 7) is 4.64. The molecule has 9 rings (SSSR count). The first-order chi connectivity index (χ1) is 22.6. The van der Waals surface area contributed by atoms with Gasteiger partial charge < -0.3 is 0 Å². The highest BCUT2D eigenvalue weighted by Crippen LogP contribution is 2.49. The Morgan fingerprint density at radius 2 is 1.09 bits per heavy atom. The monoisotopic (exact) mass is 606 g/mol. The Bertz CT molecular complexity index is 2450. The maximum atomic E-state index is 5.34. The van der Waals surface area contributed by atoms with E-state index in [9.17, 15) is 0 Å². The summed E-state index contributed by atoms with van der Waals surface area (Å²) in [5.41, 5.74) is 12.6. The zero-order valence-corrected chi connectivity index (χ0v) is 26.5. The predicted molar refractivity (Wildman–Crippen MR) is 194 cm³/mol. The number of hydrogen-bond acceptors (Lipinski definition) is 3. The predicted octanol–water partition coefficient (Wildman–Crippen LogP) is 11.8. The highest BCUT2D eigenvalue weighted by molar-refractivity contribution is 7.26. The first kappa shape index (κ1) is 27.0. The van der Waals surface area contributed by atoms with Gasteiger partial charge in [-0.2, -0.15) is 0 Å². The zero-order chi connectivity index (χ0) is 30.8. The topological polar surface area (TPSA) is 25.8 Å². The molecule has 0 unspecified atom stereocenters. The van der Waals surface area contributed by atoms with Crippen LogP contribution in [0.3, 0.4) is 0 Å². The summed E-state index contributed by atoms with van der Waals surface area (Å²) in [7, 11) is 0. The van der Waals surface area contributed by atoms with Crippen molar-refractivity contribution in [2.45, 2.75) is 19.3 Å². The molecule has 0 fully saturated rings. The number of rotatable bonds is 4. The van der Waals surface area contributed by atoms with Crippen molar-refractivity contribution in [3.63, 3.8) is 0 Å². The van der Waals surface area contributed by atoms with Crippen LogP contribution in [0.5, 0.6) is 0 Å². The number of thiophene rings is 1. The molecule has 2 heterocycles. The third-order valence-corrected chi connectivity index (χ3v) is 10.8. The van der Waals surface area contributed by atoms with E-state index in [1.54, 1.807) is 0 Å². The lowest BCUT2D eigenvalue weighted by Gasteiger charge is -2.22. The molecule has 2 aromatic heterocycles. The van der Waals surface area contributed by atoms with Crippen LogP contribution in [0, 0.1) is 0 Å². The van der Waals surface area contributed by atoms with Gasteiger partial charge in [-0.3, -0.25) is 0 Å². The van der Waals surface area contributed by atoms with Crippen molar-refractivity contribution in [3.05, 3.63) is 157 Å². The average molecular weight is 607 g/mol. The standard InChI is InChI=1S/C43H30N2S/c1-43(2)36-21-10-8-16-30(36)31-24-23-28(25-37(31)43)42-44-38(32-17-7-6-15-29(32)27-13-4-3-5-14-27)26-39(45-42)35-20-12-19-34-33-18-9-11-22-40(33)46-41(34)35/h3-26H,1-2H3. The Hall–Kier alpha value is -5.38. The van der Waals surface area contributed by atoms with Gasteiger partial charge in [-0.15, -0.1) is 11.3 Å². The van der Waals surface area contributed by atoms with Crippen molar-refractivity contribution in [3.8, 4) is 56.2 Å². The number of aromatic nitrogens is 2. The van der Waals surface area contributed by atoms with E-state index in [0.717, 1.165) is 39.5 Å². The van der Waals surface area contributed by atoms with Crippen LogP contribution in [-0.2, 0) is 5.41 Å². The van der Waals surface area contributed by atoms with Gasteiger partial charge >= 0.3 is 0 Å². The Kier molecular flexibility index (Phi) is 6.06. The van der Waals surface area contributed by atoms with Gasteiger partial charge in [-0.25, -0.2) is 9.97 Å². The van der Waals surface area contributed by atoms with Crippen LogP contribution < -0.4 is 0 Å². The Morgan fingerprint density at radius 1 is 0.457 bits per heavy atom. The van der Waals surface area contributed by atoms with Gasteiger partial charge in [-0.1, -0.05) is 141 Å². The SMILES string of the molecule is CC1(C)c2ccccc2-c2ccc(-c3nc(-c4ccccc4-c4ccccc4)cc(-c4cccc5c4sc4ccccc45)n3)cc21. The van der Waals surface area contributed by atoms with Gasteiger partial charge in [0.05, 0.1) is 11.4 Å². The highest BCUT2D eigenvalue weighted by Gasteiger charge is 2.35. The number of benzene rings is 6. The molecule has 0 amide bonds. The van der Waals surface area contributed by atoms with E-state index in [1.165, 1.54) is 48.0 Å². The summed E-state index contributed by atoms with van der Waals surface area (Å²) in [5, 5.41) is 2.55. The molecule has 0 saturated heterocycles. The average Bonchev–Trinajstić information content (AvgIpc) is 3.60. The van der Waals surface area contributed by atoms with Crippen molar-refractivity contribution in [2.75, 3.05) is 0 Å². The fourth-order valence-corrected chi connectivity index (χ4v) is 8.45. The quantitative estimate of drug-likeness (QED) is 0.199. The first-order valence-corrected chi connectivity index (χ1v) is 16.6. The minimum absolute atomic E-state index is 0.106. The molecule has 0 radical (unpaired) electrons. The number of fused-ring (bicyclic) bond motifs is 6. The second kappa shape index (κ2) is 10.3. The lowest BCUT2D eigenvalue weighted by atomic mass is 9.82. The van der Waals surface area contributed by atoms with Crippen LogP contribution in [0.2, 0.25) is 0 Å². The number of nitrogens with zero attached hydrogens (tertiary/aromatic N) is 2. The van der Waals surface area contributed by atoms with Gasteiger partial charge in [0.25, 0.3) is 0 Å². The summed E-state index contributed by atoms with van der Waals surface area (Å²) in [6.07, 6.45) is 0. The fraction of sp³-hybridized carbons (Fsp3) is 0.0698. The lowest BCUT2D eigenvalue weighted by molar-refractivity contribution is 0.660. The summed E-state index contributed by atoms with van der Waals surface area (Å²) >= 11 is 1.84. The highest BCUT2D eigenvalue weighted by atomic mass is 32.1. The van der Waals surface area contributed by atoms with Crippen molar-refractivity contribution in [1.29, 1.82) is 0 Å². The van der Waals surface area contributed by atoms with Crippen LogP contribution >= 0.6 is 11.3 Å². The molecule has 0 saturated carbocycles. The molecule has 0 N–H and O–H groups in total. The van der Waals surface area contributed by atoms with Crippen molar-refractivity contribution in [1.82, 2.24) is 9.97 Å². The second-order valence-corrected chi connectivity index (χ2v) is 13.6. The summed E-state index contributed by atoms with van der Waals surface area (Å²) in [6, 6.07) is 52.2. The normalized spacial score (nSPS) is 13.2. The minimum Gasteiger partial charge on any atom is -0.228 e. The van der Waals surface area contributed by atoms with Gasteiger partial charge in [0, 0.05) is 42.3 Å². The lowest BCUT2D eigenvalue weighted by Crippen LogP contribution is -2.15. The van der Waals surface area contributed by atoms with Gasteiger partial charge in [0.1, 0.15) is 0 Å². The molecule has 3 heteroatoms. The minimum atomic E-state index is -0.106. The molecule has 1 aliphatic rings. The largest absolute Gasteiger partial charge is 0.228 e. The zero-order valence-electron chi connectivity index (χ0n) is 25.7. The Labute approximate surface area is 272 Å². The third-order valence-electron chi connectivity index (χ3n) is 9.54. The van der Waals surface area contributed by atoms with Gasteiger partial charge in [-0.05, 0) is 51.6 Å². The Morgan fingerprint density at radius 3 is 1.93 bits per heavy atom. The third kappa shape index (κ3) is 4.16. The van der Waals surface area contributed by atoms with Crippen LogP contribution in [0.4, 0.5) is 0 Å². The van der Waals surface area contributed by atoms with E-state index in [0.29, 0.717) is 0 Å². The van der Waals surface area contributed by atoms with E-state index in [-0.39, 0.29) is 5.41 Å². The molecule has 2 nitrogen and oxygen atoms in total. The molecule has 0 bridgehead atoms. The van der Waals surface area contributed by atoms with Gasteiger partial charge in [0.15, 0.2) is 5.82 Å². The summed E-state index contributed by atoms with van der Waals surface area (Å²) < 4.78 is 2.54. The van der Waals surface area contributed by atoms with E-state index >= 15 is 0 Å². The molecule has 46 heavy (non-hydrogen) atoms. The molecule has 218 valence electrons. The maximum Gasteiger partial charge on any atom is 0.160 e. The molecule has 8 aromatic rings. The van der Waals surface area contributed by atoms with Crippen LogP contribution in [0.1, 0.15) is 25.0 Å². The molecular formula is C43H30N2S. The van der Waals surface area contributed by atoms with E-state index < -0.39 is 0 Å². The fourth-order valence-electron chi connectivity index (χ4n) is 7.22. The molecule has 6 aromatic carbocycles. The molecule has 0 aliphatic heterocycles. The maximum absolute atomic E-state index is 5.34. The van der Waals surface area contributed by atoms with Crippen LogP contribution in [0.25, 0.3) is 76.3 Å².